The van der Waals surface area contributed by atoms with Crippen LogP contribution in [0.4, 0.5) is 5.69 Å². The van der Waals surface area contributed by atoms with Gasteiger partial charge in [-0.25, -0.2) is 0 Å². The number of fused-ring (bicyclic) bond motifs is 1. The van der Waals surface area contributed by atoms with E-state index in [1.807, 2.05) is 31.2 Å². The summed E-state index contributed by atoms with van der Waals surface area (Å²) in [6.07, 6.45) is 0.554. The number of para-hydroxylation sites is 1. The molecule has 2 amide bonds. The van der Waals surface area contributed by atoms with Crippen molar-refractivity contribution in [3.63, 3.8) is 0 Å². The van der Waals surface area contributed by atoms with E-state index < -0.39 is 0 Å². The second kappa shape index (κ2) is 6.24. The van der Waals surface area contributed by atoms with Crippen molar-refractivity contribution in [3.8, 4) is 0 Å². The summed E-state index contributed by atoms with van der Waals surface area (Å²) in [5.74, 6) is 0.467. The Morgan fingerprint density at radius 1 is 1.43 bits per heavy atom. The number of aromatic nitrogens is 1. The first-order valence-corrected chi connectivity index (χ1v) is 7.59. The molecule has 3 rings (SSSR count). The largest absolute Gasteiger partial charge is 0.361 e. The van der Waals surface area contributed by atoms with E-state index in [1.54, 1.807) is 18.0 Å². The van der Waals surface area contributed by atoms with Gasteiger partial charge in [0.25, 0.3) is 0 Å². The van der Waals surface area contributed by atoms with Gasteiger partial charge in [-0.2, -0.15) is 0 Å². The van der Waals surface area contributed by atoms with Crippen LogP contribution < -0.4 is 10.2 Å². The summed E-state index contributed by atoms with van der Waals surface area (Å²) < 4.78 is 5.04. The highest BCUT2D eigenvalue weighted by Gasteiger charge is 2.28. The van der Waals surface area contributed by atoms with Crippen molar-refractivity contribution < 1.29 is 14.1 Å². The van der Waals surface area contributed by atoms with Gasteiger partial charge in [0.15, 0.2) is 0 Å². The van der Waals surface area contributed by atoms with Gasteiger partial charge < -0.3 is 14.7 Å². The number of nitrogens with one attached hydrogen (secondary N) is 1. The average Bonchev–Trinajstić information content (AvgIpc) is 2.94. The number of benzene rings is 1. The second-order valence-electron chi connectivity index (χ2n) is 5.83. The minimum atomic E-state index is -0.134. The van der Waals surface area contributed by atoms with E-state index >= 15 is 0 Å². The van der Waals surface area contributed by atoms with Crippen molar-refractivity contribution in [2.75, 3.05) is 18.5 Å². The van der Waals surface area contributed by atoms with E-state index in [0.29, 0.717) is 18.7 Å². The highest BCUT2D eigenvalue weighted by atomic mass is 16.5. The normalized spacial score (nSPS) is 17.0. The van der Waals surface area contributed by atoms with Crippen molar-refractivity contribution in [3.05, 3.63) is 47.3 Å². The van der Waals surface area contributed by atoms with Crippen molar-refractivity contribution in [1.29, 1.82) is 0 Å². The molecule has 120 valence electrons. The number of carbonyl (C=O) groups is 2. The number of anilines is 1. The standard InChI is InChI=1S/C17H19N3O3/c1-11-7-13(23-19-11)9-16(21)18-10-12-8-17(22)20(2)15-6-4-3-5-14(12)15/h3-7,12H,8-10H2,1-2H3,(H,18,21)/t12-/m0/s1. The molecule has 0 radical (unpaired) electrons. The monoisotopic (exact) mass is 313 g/mol. The zero-order valence-corrected chi connectivity index (χ0v) is 13.2. The van der Waals surface area contributed by atoms with Gasteiger partial charge >= 0.3 is 0 Å². The van der Waals surface area contributed by atoms with Crippen LogP contribution in [0, 0.1) is 6.92 Å². The van der Waals surface area contributed by atoms with Crippen molar-refractivity contribution in [2.24, 2.45) is 0 Å². The van der Waals surface area contributed by atoms with E-state index in [-0.39, 0.29) is 24.2 Å². The first kappa shape index (κ1) is 15.3. The molecular formula is C17H19N3O3. The summed E-state index contributed by atoms with van der Waals surface area (Å²) in [5, 5.41) is 6.65. The second-order valence-corrected chi connectivity index (χ2v) is 5.83. The average molecular weight is 313 g/mol. The van der Waals surface area contributed by atoms with Crippen LogP contribution in [0.3, 0.4) is 0 Å². The van der Waals surface area contributed by atoms with Gasteiger partial charge in [-0.05, 0) is 18.6 Å². The Kier molecular flexibility index (Phi) is 4.14. The molecule has 2 heterocycles. The molecule has 1 N–H and O–H groups in total. The molecule has 6 nitrogen and oxygen atoms in total. The lowest BCUT2D eigenvalue weighted by atomic mass is 9.89. The third-order valence-corrected chi connectivity index (χ3v) is 4.09. The van der Waals surface area contributed by atoms with Crippen molar-refractivity contribution in [1.82, 2.24) is 10.5 Å². The summed E-state index contributed by atoms with van der Waals surface area (Å²) in [7, 11) is 1.78. The molecule has 0 saturated carbocycles. The predicted octanol–water partition coefficient (Wildman–Crippen LogP) is 1.79. The first-order chi connectivity index (χ1) is 11.0. The van der Waals surface area contributed by atoms with E-state index in [1.165, 1.54) is 0 Å². The number of aryl methyl sites for hydroxylation is 1. The Balaban J connectivity index is 1.65. The number of hydrogen-bond acceptors (Lipinski definition) is 4. The van der Waals surface area contributed by atoms with E-state index in [9.17, 15) is 9.59 Å². The summed E-state index contributed by atoms with van der Waals surface area (Å²) in [5.41, 5.74) is 2.75. The van der Waals surface area contributed by atoms with Gasteiger partial charge in [-0.15, -0.1) is 0 Å². The third-order valence-electron chi connectivity index (χ3n) is 4.09. The maximum Gasteiger partial charge on any atom is 0.227 e. The summed E-state index contributed by atoms with van der Waals surface area (Å²) in [6, 6.07) is 9.55. The highest BCUT2D eigenvalue weighted by molar-refractivity contribution is 5.96. The molecule has 23 heavy (non-hydrogen) atoms. The number of rotatable bonds is 4. The number of carbonyl (C=O) groups excluding carboxylic acids is 2. The molecule has 0 aliphatic carbocycles. The van der Waals surface area contributed by atoms with Gasteiger partial charge in [0.2, 0.25) is 11.8 Å². The number of hydrogen-bond donors (Lipinski definition) is 1. The van der Waals surface area contributed by atoms with Crippen LogP contribution in [0.5, 0.6) is 0 Å². The smallest absolute Gasteiger partial charge is 0.227 e. The molecule has 0 unspecified atom stereocenters. The molecule has 6 heteroatoms. The molecule has 1 aromatic heterocycles. The van der Waals surface area contributed by atoms with Crippen molar-refractivity contribution >= 4 is 17.5 Å². The lowest BCUT2D eigenvalue weighted by Crippen LogP contribution is -2.38. The minimum Gasteiger partial charge on any atom is -0.361 e. The van der Waals surface area contributed by atoms with Crippen LogP contribution in [-0.2, 0) is 16.0 Å². The fourth-order valence-electron chi connectivity index (χ4n) is 2.87. The number of amides is 2. The fourth-order valence-corrected chi connectivity index (χ4v) is 2.87. The van der Waals surface area contributed by atoms with Gasteiger partial charge in [0, 0.05) is 37.7 Å². The lowest BCUT2D eigenvalue weighted by molar-refractivity contribution is -0.122. The maximum atomic E-state index is 12.1. The Bertz CT molecular complexity index is 738. The van der Waals surface area contributed by atoms with Crippen LogP contribution >= 0.6 is 0 Å². The Morgan fingerprint density at radius 2 is 2.22 bits per heavy atom. The van der Waals surface area contributed by atoms with Crippen LogP contribution in [-0.4, -0.2) is 30.6 Å². The van der Waals surface area contributed by atoms with E-state index in [4.69, 9.17) is 4.52 Å². The summed E-state index contributed by atoms with van der Waals surface area (Å²) in [4.78, 5) is 25.8. The zero-order valence-electron chi connectivity index (χ0n) is 13.2. The molecule has 1 aliphatic rings. The molecular weight excluding hydrogens is 294 g/mol. The zero-order chi connectivity index (χ0) is 16.4. The van der Waals surface area contributed by atoms with Crippen LogP contribution in [0.2, 0.25) is 0 Å². The maximum absolute atomic E-state index is 12.1. The molecule has 1 aliphatic heterocycles. The molecule has 1 aromatic carbocycles. The minimum absolute atomic E-state index is 0.00434. The Morgan fingerprint density at radius 3 is 2.96 bits per heavy atom. The highest BCUT2D eigenvalue weighted by Crippen LogP contribution is 2.34. The van der Waals surface area contributed by atoms with Crippen molar-refractivity contribution in [2.45, 2.75) is 25.7 Å². The quantitative estimate of drug-likeness (QED) is 0.934. The topological polar surface area (TPSA) is 75.4 Å². The Labute approximate surface area is 134 Å². The molecule has 0 spiro atoms. The van der Waals surface area contributed by atoms with Gasteiger partial charge in [-0.3, -0.25) is 9.59 Å². The lowest BCUT2D eigenvalue weighted by Gasteiger charge is -2.31. The predicted molar refractivity (Wildman–Crippen MR) is 85.2 cm³/mol. The van der Waals surface area contributed by atoms with Gasteiger partial charge in [-0.1, -0.05) is 23.4 Å². The third kappa shape index (κ3) is 3.26. The molecule has 0 bridgehead atoms. The first-order valence-electron chi connectivity index (χ1n) is 7.59. The van der Waals surface area contributed by atoms with Gasteiger partial charge in [0.05, 0.1) is 12.1 Å². The molecule has 2 aromatic rings. The molecule has 0 saturated heterocycles. The number of nitrogens with zero attached hydrogens (tertiary/aromatic N) is 2. The molecule has 1 atom stereocenters. The summed E-state index contributed by atoms with van der Waals surface area (Å²) in [6.45, 7) is 2.24. The summed E-state index contributed by atoms with van der Waals surface area (Å²) >= 11 is 0. The van der Waals surface area contributed by atoms with Crippen LogP contribution in [0.1, 0.15) is 29.4 Å². The molecule has 0 fully saturated rings. The van der Waals surface area contributed by atoms with E-state index in [0.717, 1.165) is 16.9 Å². The van der Waals surface area contributed by atoms with Crippen LogP contribution in [0.15, 0.2) is 34.9 Å². The van der Waals surface area contributed by atoms with E-state index in [2.05, 4.69) is 10.5 Å². The fraction of sp³-hybridized carbons (Fsp3) is 0.353. The SMILES string of the molecule is Cc1cc(CC(=O)NC[C@@H]2CC(=O)N(C)c3ccccc32)on1. The Hall–Kier alpha value is -2.63. The van der Waals surface area contributed by atoms with Gasteiger partial charge in [0.1, 0.15) is 5.76 Å². The van der Waals surface area contributed by atoms with Crippen LogP contribution in [0.25, 0.3) is 0 Å².